The van der Waals surface area contributed by atoms with Crippen molar-refractivity contribution in [3.05, 3.63) is 36.0 Å². The smallest absolute Gasteiger partial charge is 0.234 e. The fourth-order valence-electron chi connectivity index (χ4n) is 2.33. The van der Waals surface area contributed by atoms with Gasteiger partial charge in [0.1, 0.15) is 0 Å². The van der Waals surface area contributed by atoms with Crippen molar-refractivity contribution in [3.8, 4) is 11.3 Å². The van der Waals surface area contributed by atoms with Gasteiger partial charge in [0, 0.05) is 11.3 Å². The fourth-order valence-corrected chi connectivity index (χ4v) is 3.24. The number of hydrogen-bond acceptors (Lipinski definition) is 4. The van der Waals surface area contributed by atoms with Gasteiger partial charge in [0.2, 0.25) is 5.91 Å². The molecular formula is C17H24N4OS. The first kappa shape index (κ1) is 17.6. The second-order valence-corrected chi connectivity index (χ2v) is 6.59. The normalized spacial score (nSPS) is 10.7. The number of aromatic amines is 1. The standard InChI is InChI=1S/C17H24N4OS/c1-2-3-4-11-23-15-8-5-13(6-9-15)17-14(12-19-21-17)7-10-16(22)20-18/h5-6,8-9,12H,2-4,7,10-11,18H2,1H3,(H,19,21)(H,20,22). The van der Waals surface area contributed by atoms with E-state index in [-0.39, 0.29) is 5.91 Å². The minimum absolute atomic E-state index is 0.170. The fraction of sp³-hybridized carbons (Fsp3) is 0.412. The van der Waals surface area contributed by atoms with E-state index >= 15 is 0 Å². The first-order valence-electron chi connectivity index (χ1n) is 7.99. The summed E-state index contributed by atoms with van der Waals surface area (Å²) in [6.07, 6.45) is 6.55. The SMILES string of the molecule is CCCCCSc1ccc(-c2[nH]ncc2CCC(=O)NN)cc1. The van der Waals surface area contributed by atoms with Gasteiger partial charge >= 0.3 is 0 Å². The molecule has 1 heterocycles. The van der Waals surface area contributed by atoms with Gasteiger partial charge in [0.15, 0.2) is 0 Å². The van der Waals surface area contributed by atoms with E-state index in [0.717, 1.165) is 22.6 Å². The number of carbonyl (C=O) groups is 1. The summed E-state index contributed by atoms with van der Waals surface area (Å²) >= 11 is 1.90. The summed E-state index contributed by atoms with van der Waals surface area (Å²) in [6.45, 7) is 2.22. The Balaban J connectivity index is 1.97. The zero-order valence-electron chi connectivity index (χ0n) is 13.5. The van der Waals surface area contributed by atoms with Gasteiger partial charge in [-0.3, -0.25) is 15.3 Å². The van der Waals surface area contributed by atoms with E-state index < -0.39 is 0 Å². The summed E-state index contributed by atoms with van der Waals surface area (Å²) in [5.41, 5.74) is 5.23. The number of benzene rings is 1. The molecule has 6 heteroatoms. The van der Waals surface area contributed by atoms with Crippen LogP contribution in [0.2, 0.25) is 0 Å². The number of aryl methyl sites for hydroxylation is 1. The molecule has 0 atom stereocenters. The van der Waals surface area contributed by atoms with Gasteiger partial charge in [0.25, 0.3) is 0 Å². The number of carbonyl (C=O) groups excluding carboxylic acids is 1. The van der Waals surface area contributed by atoms with E-state index in [0.29, 0.717) is 12.8 Å². The molecule has 1 aromatic carbocycles. The average molecular weight is 332 g/mol. The number of nitrogens with two attached hydrogens (primary N) is 1. The highest BCUT2D eigenvalue weighted by Gasteiger charge is 2.09. The molecule has 0 saturated carbocycles. The van der Waals surface area contributed by atoms with Crippen molar-refractivity contribution in [2.24, 2.45) is 5.84 Å². The predicted octanol–water partition coefficient (Wildman–Crippen LogP) is 3.28. The third kappa shape index (κ3) is 5.41. The van der Waals surface area contributed by atoms with Gasteiger partial charge in [-0.1, -0.05) is 31.9 Å². The molecule has 2 aromatic rings. The van der Waals surface area contributed by atoms with E-state index in [1.165, 1.54) is 24.2 Å². The van der Waals surface area contributed by atoms with Crippen LogP contribution in [0.25, 0.3) is 11.3 Å². The minimum atomic E-state index is -0.170. The summed E-state index contributed by atoms with van der Waals surface area (Å²) in [5, 5.41) is 7.13. The van der Waals surface area contributed by atoms with Crippen LogP contribution in [0, 0.1) is 0 Å². The van der Waals surface area contributed by atoms with Crippen LogP contribution in [-0.4, -0.2) is 21.9 Å². The summed E-state index contributed by atoms with van der Waals surface area (Å²) in [7, 11) is 0. The highest BCUT2D eigenvalue weighted by atomic mass is 32.2. The second-order valence-electron chi connectivity index (χ2n) is 5.42. The first-order valence-corrected chi connectivity index (χ1v) is 8.98. The molecule has 0 saturated heterocycles. The van der Waals surface area contributed by atoms with E-state index in [1.807, 2.05) is 11.8 Å². The lowest BCUT2D eigenvalue weighted by atomic mass is 10.0. The number of thioether (sulfide) groups is 1. The molecule has 0 aliphatic carbocycles. The van der Waals surface area contributed by atoms with Gasteiger partial charge in [-0.25, -0.2) is 5.84 Å². The first-order chi connectivity index (χ1) is 11.2. The molecule has 1 aromatic heterocycles. The number of unbranched alkanes of at least 4 members (excludes halogenated alkanes) is 2. The zero-order valence-corrected chi connectivity index (χ0v) is 14.3. The molecule has 0 radical (unpaired) electrons. The number of amides is 1. The van der Waals surface area contributed by atoms with Crippen molar-refractivity contribution in [2.75, 3.05) is 5.75 Å². The molecule has 4 N–H and O–H groups in total. The summed E-state index contributed by atoms with van der Waals surface area (Å²) in [6, 6.07) is 8.48. The molecular weight excluding hydrogens is 308 g/mol. The molecule has 124 valence electrons. The summed E-state index contributed by atoms with van der Waals surface area (Å²) in [4.78, 5) is 12.6. The number of H-pyrrole nitrogens is 1. The van der Waals surface area contributed by atoms with Crippen molar-refractivity contribution in [1.82, 2.24) is 15.6 Å². The van der Waals surface area contributed by atoms with E-state index in [9.17, 15) is 4.79 Å². The van der Waals surface area contributed by atoms with Crippen LogP contribution in [-0.2, 0) is 11.2 Å². The third-order valence-corrected chi connectivity index (χ3v) is 4.76. The van der Waals surface area contributed by atoms with E-state index in [4.69, 9.17) is 5.84 Å². The van der Waals surface area contributed by atoms with Gasteiger partial charge in [0.05, 0.1) is 11.9 Å². The number of nitrogens with one attached hydrogen (secondary N) is 2. The highest BCUT2D eigenvalue weighted by Crippen LogP contribution is 2.26. The van der Waals surface area contributed by atoms with Crippen molar-refractivity contribution in [2.45, 2.75) is 43.9 Å². The van der Waals surface area contributed by atoms with Crippen LogP contribution >= 0.6 is 11.8 Å². The lowest BCUT2D eigenvalue weighted by Gasteiger charge is -2.05. The van der Waals surface area contributed by atoms with Crippen molar-refractivity contribution < 1.29 is 4.79 Å². The molecule has 5 nitrogen and oxygen atoms in total. The van der Waals surface area contributed by atoms with E-state index in [1.54, 1.807) is 6.20 Å². The lowest BCUT2D eigenvalue weighted by molar-refractivity contribution is -0.121. The number of aromatic nitrogens is 2. The van der Waals surface area contributed by atoms with Crippen molar-refractivity contribution in [1.29, 1.82) is 0 Å². The molecule has 0 aliphatic heterocycles. The van der Waals surface area contributed by atoms with Gasteiger partial charge < -0.3 is 0 Å². The highest BCUT2D eigenvalue weighted by molar-refractivity contribution is 7.99. The molecule has 0 fully saturated rings. The molecule has 0 unspecified atom stereocenters. The van der Waals surface area contributed by atoms with Crippen molar-refractivity contribution in [3.63, 3.8) is 0 Å². The zero-order chi connectivity index (χ0) is 16.5. The maximum absolute atomic E-state index is 11.3. The largest absolute Gasteiger partial charge is 0.294 e. The molecule has 0 bridgehead atoms. The number of hydrazine groups is 1. The summed E-state index contributed by atoms with van der Waals surface area (Å²) in [5.74, 6) is 6.10. The Bertz CT molecular complexity index is 609. The van der Waals surface area contributed by atoms with Crippen LogP contribution in [0.15, 0.2) is 35.4 Å². The molecule has 2 rings (SSSR count). The number of hydrogen-bond donors (Lipinski definition) is 3. The van der Waals surface area contributed by atoms with Crippen LogP contribution in [0.4, 0.5) is 0 Å². The Labute approximate surface area is 141 Å². The van der Waals surface area contributed by atoms with Crippen molar-refractivity contribution >= 4 is 17.7 Å². The Kier molecular flexibility index (Phi) is 7.16. The van der Waals surface area contributed by atoms with Crippen LogP contribution in [0.5, 0.6) is 0 Å². The summed E-state index contributed by atoms with van der Waals surface area (Å²) < 4.78 is 0. The van der Waals surface area contributed by atoms with Gasteiger partial charge in [-0.05, 0) is 41.9 Å². The molecule has 23 heavy (non-hydrogen) atoms. The van der Waals surface area contributed by atoms with Crippen LogP contribution in [0.1, 0.15) is 38.2 Å². The quantitative estimate of drug-likeness (QED) is 0.216. The second kappa shape index (κ2) is 9.37. The maximum atomic E-state index is 11.3. The molecule has 0 spiro atoms. The monoisotopic (exact) mass is 332 g/mol. The third-order valence-electron chi connectivity index (χ3n) is 3.66. The van der Waals surface area contributed by atoms with Gasteiger partial charge in [-0.2, -0.15) is 5.10 Å². The number of rotatable bonds is 9. The lowest BCUT2D eigenvalue weighted by Crippen LogP contribution is -2.30. The minimum Gasteiger partial charge on any atom is -0.294 e. The van der Waals surface area contributed by atoms with Crippen LogP contribution < -0.4 is 11.3 Å². The van der Waals surface area contributed by atoms with Crippen LogP contribution in [0.3, 0.4) is 0 Å². The average Bonchev–Trinajstić information content (AvgIpc) is 3.05. The Morgan fingerprint density at radius 3 is 2.78 bits per heavy atom. The number of nitrogens with zero attached hydrogens (tertiary/aromatic N) is 1. The predicted molar refractivity (Wildman–Crippen MR) is 94.9 cm³/mol. The maximum Gasteiger partial charge on any atom is 0.234 e. The van der Waals surface area contributed by atoms with E-state index in [2.05, 4.69) is 46.8 Å². The Morgan fingerprint density at radius 2 is 2.09 bits per heavy atom. The molecule has 1 amide bonds. The Hall–Kier alpha value is -1.79. The van der Waals surface area contributed by atoms with Gasteiger partial charge in [-0.15, -0.1) is 11.8 Å². The topological polar surface area (TPSA) is 83.8 Å². The molecule has 0 aliphatic rings. The Morgan fingerprint density at radius 1 is 1.30 bits per heavy atom.